The van der Waals surface area contributed by atoms with Gasteiger partial charge in [0.05, 0.1) is 31.4 Å². The fourth-order valence-electron chi connectivity index (χ4n) is 3.90. The van der Waals surface area contributed by atoms with Crippen molar-refractivity contribution in [1.29, 1.82) is 0 Å². The highest BCUT2D eigenvalue weighted by atomic mass is 79.9. The maximum absolute atomic E-state index is 12.6. The normalized spacial score (nSPS) is 14.7. The van der Waals surface area contributed by atoms with Crippen LogP contribution in [-0.4, -0.2) is 51.0 Å². The molecule has 0 saturated carbocycles. The van der Waals surface area contributed by atoms with Crippen molar-refractivity contribution in [2.75, 3.05) is 32.3 Å². The summed E-state index contributed by atoms with van der Waals surface area (Å²) < 4.78 is 21.9. The van der Waals surface area contributed by atoms with E-state index in [2.05, 4.69) is 15.9 Å². The van der Waals surface area contributed by atoms with Crippen molar-refractivity contribution in [2.24, 2.45) is 5.92 Å². The lowest BCUT2D eigenvalue weighted by Gasteiger charge is -2.20. The van der Waals surface area contributed by atoms with Crippen LogP contribution in [0, 0.1) is 5.92 Å². The molecule has 0 bridgehead atoms. The van der Waals surface area contributed by atoms with Gasteiger partial charge in [0.15, 0.2) is 12.4 Å². The SMILES string of the molecule is COc1ccc(N2C[C@@H](C(=O)OCC(=O)c3ccc(OC(=O)c4ccc(Br)cc4)cc3)CC2=O)c(OC)c1. The number of ketones is 1. The molecule has 0 aliphatic carbocycles. The van der Waals surface area contributed by atoms with E-state index in [4.69, 9.17) is 18.9 Å². The van der Waals surface area contributed by atoms with E-state index in [1.54, 1.807) is 42.5 Å². The summed E-state index contributed by atoms with van der Waals surface area (Å²) in [6.45, 7) is -0.375. The van der Waals surface area contributed by atoms with Crippen molar-refractivity contribution < 1.29 is 38.1 Å². The molecule has 1 aliphatic rings. The average Bonchev–Trinajstić information content (AvgIpc) is 3.33. The van der Waals surface area contributed by atoms with Gasteiger partial charge in [-0.15, -0.1) is 0 Å². The Hall–Kier alpha value is -4.18. The van der Waals surface area contributed by atoms with Gasteiger partial charge in [0.1, 0.15) is 17.2 Å². The van der Waals surface area contributed by atoms with Gasteiger partial charge in [-0.25, -0.2) is 4.79 Å². The van der Waals surface area contributed by atoms with E-state index < -0.39 is 30.2 Å². The molecule has 0 spiro atoms. The van der Waals surface area contributed by atoms with Gasteiger partial charge in [-0.05, 0) is 60.7 Å². The highest BCUT2D eigenvalue weighted by molar-refractivity contribution is 9.10. The third kappa shape index (κ3) is 6.20. The number of hydrogen-bond donors (Lipinski definition) is 0. The molecule has 0 N–H and O–H groups in total. The molecule has 1 aliphatic heterocycles. The smallest absolute Gasteiger partial charge is 0.343 e. The summed E-state index contributed by atoms with van der Waals surface area (Å²) >= 11 is 3.31. The zero-order chi connectivity index (χ0) is 27.2. The average molecular weight is 582 g/mol. The molecule has 1 heterocycles. The van der Waals surface area contributed by atoms with Gasteiger partial charge in [-0.2, -0.15) is 0 Å². The highest BCUT2D eigenvalue weighted by Crippen LogP contribution is 2.36. The summed E-state index contributed by atoms with van der Waals surface area (Å²) in [7, 11) is 3.01. The first-order valence-corrected chi connectivity index (χ1v) is 12.4. The van der Waals surface area contributed by atoms with Crippen LogP contribution in [0.4, 0.5) is 5.69 Å². The molecule has 0 radical (unpaired) electrons. The van der Waals surface area contributed by atoms with Crippen LogP contribution in [0.1, 0.15) is 27.1 Å². The Morgan fingerprint density at radius 2 is 1.55 bits per heavy atom. The second-order valence-corrected chi connectivity index (χ2v) is 9.31. The standard InChI is InChI=1S/C28H24BrNO8/c1-35-22-11-12-23(25(14-22)36-2)30-15-19(13-26(30)32)27(33)37-16-24(31)17-5-9-21(10-6-17)38-28(34)18-3-7-20(29)8-4-18/h3-12,14,19H,13,15-16H2,1-2H3/t19-/m0/s1. The van der Waals surface area contributed by atoms with E-state index in [1.807, 2.05) is 0 Å². The first-order chi connectivity index (χ1) is 18.3. The van der Waals surface area contributed by atoms with Crippen LogP contribution in [-0.2, 0) is 14.3 Å². The Morgan fingerprint density at radius 1 is 0.895 bits per heavy atom. The molecule has 0 unspecified atom stereocenters. The van der Waals surface area contributed by atoms with Crippen LogP contribution in [0.25, 0.3) is 0 Å². The molecular weight excluding hydrogens is 558 g/mol. The number of hydrogen-bond acceptors (Lipinski definition) is 8. The van der Waals surface area contributed by atoms with E-state index >= 15 is 0 Å². The van der Waals surface area contributed by atoms with E-state index in [0.29, 0.717) is 22.7 Å². The second-order valence-electron chi connectivity index (χ2n) is 8.39. The third-order valence-electron chi connectivity index (χ3n) is 5.95. The Labute approximate surface area is 227 Å². The molecule has 1 saturated heterocycles. The van der Waals surface area contributed by atoms with Gasteiger partial charge in [0.2, 0.25) is 5.91 Å². The molecule has 1 amide bonds. The first kappa shape index (κ1) is 26.9. The van der Waals surface area contributed by atoms with Gasteiger partial charge in [-0.1, -0.05) is 15.9 Å². The summed E-state index contributed by atoms with van der Waals surface area (Å²) in [5.41, 5.74) is 1.19. The van der Waals surface area contributed by atoms with E-state index in [1.165, 1.54) is 43.4 Å². The predicted octanol–water partition coefficient (Wildman–Crippen LogP) is 4.46. The number of rotatable bonds is 9. The van der Waals surface area contributed by atoms with Crippen molar-refractivity contribution >= 4 is 45.2 Å². The number of halogens is 1. The number of benzene rings is 3. The molecule has 9 nitrogen and oxygen atoms in total. The lowest BCUT2D eigenvalue weighted by atomic mass is 10.1. The van der Waals surface area contributed by atoms with Crippen LogP contribution >= 0.6 is 15.9 Å². The molecule has 1 fully saturated rings. The Balaban J connectivity index is 1.31. The minimum Gasteiger partial charge on any atom is -0.497 e. The topological polar surface area (TPSA) is 108 Å². The molecule has 10 heteroatoms. The Kier molecular flexibility index (Phi) is 8.42. The fourth-order valence-corrected chi connectivity index (χ4v) is 4.17. The maximum Gasteiger partial charge on any atom is 0.343 e. The number of esters is 2. The number of methoxy groups -OCH3 is 2. The van der Waals surface area contributed by atoms with Crippen molar-refractivity contribution in [2.45, 2.75) is 6.42 Å². The van der Waals surface area contributed by atoms with Gasteiger partial charge < -0.3 is 23.8 Å². The number of nitrogens with zero attached hydrogens (tertiary/aromatic N) is 1. The minimum absolute atomic E-state index is 0.0410. The lowest BCUT2D eigenvalue weighted by molar-refractivity contribution is -0.147. The van der Waals surface area contributed by atoms with Crippen LogP contribution in [0.3, 0.4) is 0 Å². The van der Waals surface area contributed by atoms with Crippen LogP contribution in [0.5, 0.6) is 17.2 Å². The van der Waals surface area contributed by atoms with Crippen molar-refractivity contribution in [3.63, 3.8) is 0 Å². The van der Waals surface area contributed by atoms with Gasteiger partial charge in [-0.3, -0.25) is 14.4 Å². The molecule has 1 atom stereocenters. The van der Waals surface area contributed by atoms with E-state index in [-0.39, 0.29) is 30.2 Å². The van der Waals surface area contributed by atoms with Crippen molar-refractivity contribution in [3.05, 3.63) is 82.3 Å². The maximum atomic E-state index is 12.6. The summed E-state index contributed by atoms with van der Waals surface area (Å²) in [6.07, 6.45) is -0.0410. The molecule has 4 rings (SSSR count). The van der Waals surface area contributed by atoms with Crippen LogP contribution in [0.2, 0.25) is 0 Å². The first-order valence-electron chi connectivity index (χ1n) is 11.6. The number of Topliss-reactive ketones (excluding diaryl/α,β-unsaturated/α-hetero) is 1. The second kappa shape index (κ2) is 11.9. The van der Waals surface area contributed by atoms with Gasteiger partial charge in [0, 0.05) is 29.1 Å². The highest BCUT2D eigenvalue weighted by Gasteiger charge is 2.37. The van der Waals surface area contributed by atoms with Crippen molar-refractivity contribution in [1.82, 2.24) is 0 Å². The molecule has 196 valence electrons. The minimum atomic E-state index is -0.720. The molecule has 3 aromatic carbocycles. The fraction of sp³-hybridized carbons (Fsp3) is 0.214. The zero-order valence-corrected chi connectivity index (χ0v) is 22.2. The zero-order valence-electron chi connectivity index (χ0n) is 20.6. The number of anilines is 1. The molecule has 38 heavy (non-hydrogen) atoms. The summed E-state index contributed by atoms with van der Waals surface area (Å²) in [4.78, 5) is 51.5. The largest absolute Gasteiger partial charge is 0.497 e. The van der Waals surface area contributed by atoms with E-state index in [9.17, 15) is 19.2 Å². The van der Waals surface area contributed by atoms with Gasteiger partial charge in [0.25, 0.3) is 0 Å². The molecule has 0 aromatic heterocycles. The quantitative estimate of drug-likeness (QED) is 0.207. The lowest BCUT2D eigenvalue weighted by Crippen LogP contribution is -2.27. The summed E-state index contributed by atoms with van der Waals surface area (Å²) in [5.74, 6) is -1.29. The third-order valence-corrected chi connectivity index (χ3v) is 6.48. The summed E-state index contributed by atoms with van der Waals surface area (Å²) in [6, 6.07) is 17.7. The Morgan fingerprint density at radius 3 is 2.21 bits per heavy atom. The number of carbonyl (C=O) groups excluding carboxylic acids is 4. The monoisotopic (exact) mass is 581 g/mol. The predicted molar refractivity (Wildman–Crippen MR) is 141 cm³/mol. The van der Waals surface area contributed by atoms with Crippen LogP contribution < -0.4 is 19.1 Å². The molecule has 3 aromatic rings. The Bertz CT molecular complexity index is 1350. The van der Waals surface area contributed by atoms with E-state index in [0.717, 1.165) is 4.47 Å². The number of amides is 1. The van der Waals surface area contributed by atoms with Crippen LogP contribution in [0.15, 0.2) is 71.2 Å². The van der Waals surface area contributed by atoms with Gasteiger partial charge >= 0.3 is 11.9 Å². The summed E-state index contributed by atoms with van der Waals surface area (Å²) in [5, 5.41) is 0. The molecular formula is C28H24BrNO8. The number of ether oxygens (including phenoxy) is 4. The van der Waals surface area contributed by atoms with Crippen molar-refractivity contribution in [3.8, 4) is 17.2 Å². The number of carbonyl (C=O) groups is 4.